The molecule has 4 aromatic heterocycles. The molecule has 12 aromatic rings. The number of aromatic nitrogens is 3. The molecule has 5 nitrogen and oxygen atoms in total. The Balaban J connectivity index is 1.06. The largest absolute Gasteiger partial charge is 0.456 e. The van der Waals surface area contributed by atoms with Gasteiger partial charge in [-0.1, -0.05) is 121 Å². The minimum atomic E-state index is 0.698. The molecule has 12 rings (SSSR count). The van der Waals surface area contributed by atoms with Gasteiger partial charge in [0.1, 0.15) is 16.7 Å². The summed E-state index contributed by atoms with van der Waals surface area (Å²) < 4.78 is 15.4. The predicted molar refractivity (Wildman–Crippen MR) is 225 cm³/mol. The van der Waals surface area contributed by atoms with Gasteiger partial charge in [0.05, 0.1) is 27.9 Å². The average Bonchev–Trinajstić information content (AvgIpc) is 3.93. The molecule has 0 radical (unpaired) electrons. The minimum absolute atomic E-state index is 0.698. The second-order valence-electron chi connectivity index (χ2n) is 14.1. The standard InChI is InChI=1S/C50H29N3O2/c1-2-12-30(13-3-1)50-51-40-19-7-4-16-36(40)48(52-50)37-18-11-23-46-47(37)39-29-32(25-27-45(39)54-46)31-24-26-42-38(28-31)33-14-5-8-20-41(33)53(42)43-21-10-17-35-34-15-6-9-22-44(34)55-49(35)43/h1-29H. The van der Waals surface area contributed by atoms with Crippen LogP contribution in [0, 0.1) is 0 Å². The molecule has 0 fully saturated rings. The third-order valence-electron chi connectivity index (χ3n) is 11.0. The Labute approximate surface area is 314 Å². The van der Waals surface area contributed by atoms with E-state index in [1.54, 1.807) is 0 Å². The molecule has 0 amide bonds. The van der Waals surface area contributed by atoms with E-state index in [1.807, 2.05) is 48.5 Å². The first-order chi connectivity index (χ1) is 27.3. The van der Waals surface area contributed by atoms with Crippen molar-refractivity contribution in [1.82, 2.24) is 14.5 Å². The van der Waals surface area contributed by atoms with Gasteiger partial charge in [0.2, 0.25) is 0 Å². The fourth-order valence-electron chi connectivity index (χ4n) is 8.52. The Hall–Kier alpha value is -7.50. The number of para-hydroxylation sites is 4. The predicted octanol–water partition coefficient (Wildman–Crippen LogP) is 13.5. The minimum Gasteiger partial charge on any atom is -0.456 e. The summed E-state index contributed by atoms with van der Waals surface area (Å²) in [4.78, 5) is 10.2. The van der Waals surface area contributed by atoms with Crippen LogP contribution in [0.2, 0.25) is 0 Å². The van der Waals surface area contributed by atoms with Crippen molar-refractivity contribution in [1.29, 1.82) is 0 Å². The number of furan rings is 2. The average molecular weight is 704 g/mol. The zero-order valence-electron chi connectivity index (χ0n) is 29.4. The van der Waals surface area contributed by atoms with E-state index in [0.29, 0.717) is 5.82 Å². The molecule has 55 heavy (non-hydrogen) atoms. The number of benzene rings is 8. The third kappa shape index (κ3) is 4.47. The monoisotopic (exact) mass is 703 g/mol. The highest BCUT2D eigenvalue weighted by Crippen LogP contribution is 2.42. The van der Waals surface area contributed by atoms with E-state index < -0.39 is 0 Å². The summed E-state index contributed by atoms with van der Waals surface area (Å²) in [6.07, 6.45) is 0. The second-order valence-corrected chi connectivity index (χ2v) is 14.1. The van der Waals surface area contributed by atoms with E-state index >= 15 is 0 Å². The molecule has 0 aliphatic rings. The molecular weight excluding hydrogens is 675 g/mol. The van der Waals surface area contributed by atoms with Crippen molar-refractivity contribution in [3.8, 4) is 39.5 Å². The lowest BCUT2D eigenvalue weighted by Crippen LogP contribution is -1.95. The fraction of sp³-hybridized carbons (Fsp3) is 0. The van der Waals surface area contributed by atoms with E-state index in [0.717, 1.165) is 99.4 Å². The van der Waals surface area contributed by atoms with Crippen LogP contribution in [0.15, 0.2) is 185 Å². The summed E-state index contributed by atoms with van der Waals surface area (Å²) in [5.41, 5.74) is 12.8. The van der Waals surface area contributed by atoms with Crippen LogP contribution in [0.4, 0.5) is 0 Å². The molecular formula is C50H29N3O2. The topological polar surface area (TPSA) is 57.0 Å². The molecule has 0 N–H and O–H groups in total. The molecule has 0 bridgehead atoms. The molecule has 0 unspecified atom stereocenters. The van der Waals surface area contributed by atoms with Crippen LogP contribution in [0.25, 0.3) is 116 Å². The lowest BCUT2D eigenvalue weighted by molar-refractivity contribution is 0.666. The first-order valence-electron chi connectivity index (χ1n) is 18.5. The molecule has 0 aliphatic carbocycles. The Morgan fingerprint density at radius 1 is 0.400 bits per heavy atom. The maximum absolute atomic E-state index is 6.52. The van der Waals surface area contributed by atoms with Crippen LogP contribution in [0.3, 0.4) is 0 Å². The summed E-state index contributed by atoms with van der Waals surface area (Å²) in [7, 11) is 0. The van der Waals surface area contributed by atoms with Gasteiger partial charge < -0.3 is 13.4 Å². The summed E-state index contributed by atoms with van der Waals surface area (Å²) in [6, 6.07) is 61.3. The molecule has 0 saturated carbocycles. The van der Waals surface area contributed by atoms with Gasteiger partial charge in [-0.3, -0.25) is 0 Å². The van der Waals surface area contributed by atoms with Gasteiger partial charge >= 0.3 is 0 Å². The van der Waals surface area contributed by atoms with Crippen molar-refractivity contribution in [2.24, 2.45) is 0 Å². The van der Waals surface area contributed by atoms with Crippen LogP contribution >= 0.6 is 0 Å². The molecule has 256 valence electrons. The Morgan fingerprint density at radius 2 is 1.07 bits per heavy atom. The van der Waals surface area contributed by atoms with E-state index in [1.165, 1.54) is 10.8 Å². The Bertz CT molecular complexity index is 3500. The van der Waals surface area contributed by atoms with Crippen LogP contribution in [0.1, 0.15) is 0 Å². The third-order valence-corrected chi connectivity index (χ3v) is 11.0. The van der Waals surface area contributed by atoms with Crippen molar-refractivity contribution in [2.45, 2.75) is 0 Å². The number of hydrogen-bond donors (Lipinski definition) is 0. The van der Waals surface area contributed by atoms with Crippen molar-refractivity contribution >= 4 is 76.6 Å². The summed E-state index contributed by atoms with van der Waals surface area (Å²) in [6.45, 7) is 0. The number of hydrogen-bond acceptors (Lipinski definition) is 4. The van der Waals surface area contributed by atoms with Gasteiger partial charge in [-0.05, 0) is 65.7 Å². The van der Waals surface area contributed by atoms with Crippen molar-refractivity contribution in [3.63, 3.8) is 0 Å². The van der Waals surface area contributed by atoms with E-state index in [9.17, 15) is 0 Å². The quantitative estimate of drug-likeness (QED) is 0.183. The van der Waals surface area contributed by atoms with Gasteiger partial charge in [-0.25, -0.2) is 9.97 Å². The zero-order chi connectivity index (χ0) is 36.0. The normalized spacial score (nSPS) is 12.0. The highest BCUT2D eigenvalue weighted by molar-refractivity contribution is 6.16. The van der Waals surface area contributed by atoms with Crippen molar-refractivity contribution in [2.75, 3.05) is 0 Å². The van der Waals surface area contributed by atoms with Crippen molar-refractivity contribution < 1.29 is 8.83 Å². The highest BCUT2D eigenvalue weighted by Gasteiger charge is 2.20. The lowest BCUT2D eigenvalue weighted by Gasteiger charge is -2.11. The van der Waals surface area contributed by atoms with E-state index in [4.69, 9.17) is 18.8 Å². The SMILES string of the molecule is c1ccc(-c2nc(-c3cccc4oc5ccc(-c6ccc7c(c6)c6ccccc6n7-c6cccc7c6oc6ccccc67)cc5c34)c3ccccc3n2)cc1. The molecule has 0 spiro atoms. The molecule has 8 aromatic carbocycles. The smallest absolute Gasteiger partial charge is 0.160 e. The second kappa shape index (κ2) is 11.5. The molecule has 0 aliphatic heterocycles. The molecule has 4 heterocycles. The molecule has 0 atom stereocenters. The number of fused-ring (bicyclic) bond motifs is 10. The van der Waals surface area contributed by atoms with Gasteiger partial charge in [-0.2, -0.15) is 0 Å². The first-order valence-corrected chi connectivity index (χ1v) is 18.5. The van der Waals surface area contributed by atoms with Crippen LogP contribution in [-0.4, -0.2) is 14.5 Å². The number of nitrogens with zero attached hydrogens (tertiary/aromatic N) is 3. The Morgan fingerprint density at radius 3 is 1.98 bits per heavy atom. The summed E-state index contributed by atoms with van der Waals surface area (Å²) >= 11 is 0. The highest BCUT2D eigenvalue weighted by atomic mass is 16.3. The summed E-state index contributed by atoms with van der Waals surface area (Å²) in [5.74, 6) is 0.698. The van der Waals surface area contributed by atoms with Crippen LogP contribution in [0.5, 0.6) is 0 Å². The van der Waals surface area contributed by atoms with Gasteiger partial charge in [-0.15, -0.1) is 0 Å². The first kappa shape index (κ1) is 30.0. The number of rotatable bonds is 4. The van der Waals surface area contributed by atoms with Crippen LogP contribution < -0.4 is 0 Å². The maximum atomic E-state index is 6.52. The van der Waals surface area contributed by atoms with Gasteiger partial charge in [0.15, 0.2) is 11.4 Å². The maximum Gasteiger partial charge on any atom is 0.160 e. The zero-order valence-corrected chi connectivity index (χ0v) is 29.4. The van der Waals surface area contributed by atoms with Gasteiger partial charge in [0, 0.05) is 48.8 Å². The molecule has 0 saturated heterocycles. The Kier molecular flexibility index (Phi) is 6.27. The summed E-state index contributed by atoms with van der Waals surface area (Å²) in [5, 5.41) is 7.69. The van der Waals surface area contributed by atoms with Gasteiger partial charge in [0.25, 0.3) is 0 Å². The van der Waals surface area contributed by atoms with E-state index in [2.05, 4.69) is 132 Å². The van der Waals surface area contributed by atoms with Crippen LogP contribution in [-0.2, 0) is 0 Å². The fourth-order valence-corrected chi connectivity index (χ4v) is 8.52. The lowest BCUT2D eigenvalue weighted by atomic mass is 9.97. The van der Waals surface area contributed by atoms with E-state index in [-0.39, 0.29) is 0 Å². The van der Waals surface area contributed by atoms with Crippen molar-refractivity contribution in [3.05, 3.63) is 176 Å². The molecule has 5 heteroatoms.